The Morgan fingerprint density at radius 3 is 1.77 bits per heavy atom. The van der Waals surface area contributed by atoms with E-state index in [2.05, 4.69) is 0 Å². The number of aliphatic carboxylic acids is 1. The minimum absolute atomic E-state index is 0.130. The van der Waals surface area contributed by atoms with Crippen LogP contribution in [-0.2, 0) is 16.0 Å². The number of ketones is 1. The van der Waals surface area contributed by atoms with Crippen molar-refractivity contribution in [3.8, 4) is 0 Å². The van der Waals surface area contributed by atoms with Gasteiger partial charge in [-0.2, -0.15) is 0 Å². The van der Waals surface area contributed by atoms with Gasteiger partial charge in [-0.25, -0.2) is 4.79 Å². The Kier molecular flexibility index (Phi) is 6.03. The lowest BCUT2D eigenvalue weighted by molar-refractivity contribution is -0.384. The average molecular weight is 404 g/mol. The maximum Gasteiger partial charge on any atom is 0.331 e. The van der Waals surface area contributed by atoms with Crippen molar-refractivity contribution in [2.24, 2.45) is 5.73 Å². The van der Waals surface area contributed by atoms with Gasteiger partial charge in [0.15, 0.2) is 11.3 Å². The molecule has 0 spiro atoms. The van der Waals surface area contributed by atoms with E-state index in [1.54, 1.807) is 60.7 Å². The molecule has 0 heterocycles. The van der Waals surface area contributed by atoms with Gasteiger partial charge >= 0.3 is 5.97 Å². The molecule has 0 fully saturated rings. The van der Waals surface area contributed by atoms with Crippen LogP contribution in [0.2, 0.25) is 0 Å². The minimum atomic E-state index is -2.22. The number of carboxylic acids is 1. The van der Waals surface area contributed by atoms with Crippen LogP contribution in [0, 0.1) is 10.1 Å². The molecule has 3 aromatic carbocycles. The third kappa shape index (κ3) is 4.26. The first kappa shape index (κ1) is 20.9. The number of rotatable bonds is 8. The Bertz CT molecular complexity index is 1010. The number of nitrogens with two attached hydrogens (primary N) is 1. The smallest absolute Gasteiger partial charge is 0.331 e. The number of nitrogens with zero attached hydrogens (tertiary/aromatic N) is 1. The molecule has 0 unspecified atom stereocenters. The SMILES string of the molecule is N[C@@](Cc1ccc([N+](=O)[O-])cc1)(C(=O)O)C(=O)C(c1ccccc1)c1ccccc1. The van der Waals surface area contributed by atoms with E-state index >= 15 is 0 Å². The number of nitro groups is 1. The predicted octanol–water partition coefficient (Wildman–Crippen LogP) is 3.32. The Balaban J connectivity index is 2.02. The number of carboxylic acid groups (broad SMARTS) is 1. The van der Waals surface area contributed by atoms with Gasteiger partial charge in [0, 0.05) is 18.6 Å². The summed E-state index contributed by atoms with van der Waals surface area (Å²) in [6, 6.07) is 23.1. The summed E-state index contributed by atoms with van der Waals surface area (Å²) in [5.74, 6) is -2.99. The van der Waals surface area contributed by atoms with Crippen LogP contribution in [0.4, 0.5) is 5.69 Å². The fourth-order valence-corrected chi connectivity index (χ4v) is 3.37. The molecule has 0 bridgehead atoms. The first-order valence-corrected chi connectivity index (χ1v) is 9.23. The Labute approximate surface area is 172 Å². The summed E-state index contributed by atoms with van der Waals surface area (Å²) in [7, 11) is 0. The predicted molar refractivity (Wildman–Crippen MR) is 111 cm³/mol. The molecule has 0 aromatic heterocycles. The number of benzene rings is 3. The molecule has 0 radical (unpaired) electrons. The van der Waals surface area contributed by atoms with E-state index in [0.717, 1.165) is 0 Å². The van der Waals surface area contributed by atoms with Gasteiger partial charge < -0.3 is 10.8 Å². The number of non-ortho nitro benzene ring substituents is 1. The number of carbonyl (C=O) groups excluding carboxylic acids is 1. The van der Waals surface area contributed by atoms with Gasteiger partial charge in [0.1, 0.15) is 0 Å². The lowest BCUT2D eigenvalue weighted by atomic mass is 9.76. The largest absolute Gasteiger partial charge is 0.480 e. The van der Waals surface area contributed by atoms with Crippen molar-refractivity contribution in [3.63, 3.8) is 0 Å². The first-order chi connectivity index (χ1) is 14.3. The third-order valence-corrected chi connectivity index (χ3v) is 4.98. The van der Waals surface area contributed by atoms with Crippen LogP contribution in [0.3, 0.4) is 0 Å². The highest BCUT2D eigenvalue weighted by Crippen LogP contribution is 2.31. The summed E-state index contributed by atoms with van der Waals surface area (Å²) in [4.78, 5) is 36.0. The van der Waals surface area contributed by atoms with E-state index in [4.69, 9.17) is 5.73 Å². The van der Waals surface area contributed by atoms with Gasteiger partial charge in [-0.1, -0.05) is 72.8 Å². The molecule has 30 heavy (non-hydrogen) atoms. The zero-order chi connectivity index (χ0) is 21.7. The third-order valence-electron chi connectivity index (χ3n) is 4.98. The lowest BCUT2D eigenvalue weighted by Gasteiger charge is -2.29. The number of hydrogen-bond acceptors (Lipinski definition) is 5. The van der Waals surface area contributed by atoms with E-state index < -0.39 is 28.1 Å². The molecule has 0 aliphatic carbocycles. The van der Waals surface area contributed by atoms with E-state index in [9.17, 15) is 24.8 Å². The van der Waals surface area contributed by atoms with Gasteiger partial charge in [-0.05, 0) is 16.7 Å². The summed E-state index contributed by atoms with van der Waals surface area (Å²) in [5.41, 5.74) is 5.54. The Morgan fingerprint density at radius 2 is 1.37 bits per heavy atom. The van der Waals surface area contributed by atoms with Gasteiger partial charge in [0.2, 0.25) is 0 Å². The molecule has 0 aliphatic heterocycles. The van der Waals surface area contributed by atoms with Crippen LogP contribution in [0.5, 0.6) is 0 Å². The van der Waals surface area contributed by atoms with Crippen LogP contribution in [-0.4, -0.2) is 27.3 Å². The fourth-order valence-electron chi connectivity index (χ4n) is 3.37. The molecular weight excluding hydrogens is 384 g/mol. The monoisotopic (exact) mass is 404 g/mol. The zero-order valence-corrected chi connectivity index (χ0v) is 16.0. The zero-order valence-electron chi connectivity index (χ0n) is 16.0. The van der Waals surface area contributed by atoms with Crippen LogP contribution < -0.4 is 5.73 Å². The maximum absolute atomic E-state index is 13.6. The lowest BCUT2D eigenvalue weighted by Crippen LogP contribution is -2.58. The molecule has 1 atom stereocenters. The quantitative estimate of drug-likeness (QED) is 0.337. The fraction of sp³-hybridized carbons (Fsp3) is 0.130. The van der Waals surface area contributed by atoms with Crippen LogP contribution in [0.1, 0.15) is 22.6 Å². The van der Waals surface area contributed by atoms with Crippen molar-refractivity contribution >= 4 is 17.4 Å². The Morgan fingerprint density at radius 1 is 0.900 bits per heavy atom. The summed E-state index contributed by atoms with van der Waals surface area (Å²) in [5, 5.41) is 20.7. The molecular formula is C23H20N2O5. The van der Waals surface area contributed by atoms with Crippen molar-refractivity contribution in [1.82, 2.24) is 0 Å². The van der Waals surface area contributed by atoms with Gasteiger partial charge in [0.25, 0.3) is 5.69 Å². The van der Waals surface area contributed by atoms with Crippen molar-refractivity contribution in [1.29, 1.82) is 0 Å². The highest BCUT2D eigenvalue weighted by atomic mass is 16.6. The van der Waals surface area contributed by atoms with Crippen molar-refractivity contribution < 1.29 is 19.6 Å². The summed E-state index contributed by atoms with van der Waals surface area (Å²) in [6.07, 6.45) is -0.296. The molecule has 0 saturated carbocycles. The van der Waals surface area contributed by atoms with Crippen molar-refractivity contribution in [2.45, 2.75) is 17.9 Å². The van der Waals surface area contributed by atoms with Crippen molar-refractivity contribution in [3.05, 3.63) is 112 Å². The normalized spacial score (nSPS) is 12.9. The second-order valence-corrected chi connectivity index (χ2v) is 7.00. The van der Waals surface area contributed by atoms with E-state index in [0.29, 0.717) is 16.7 Å². The molecule has 7 nitrogen and oxygen atoms in total. The highest BCUT2D eigenvalue weighted by molar-refractivity contribution is 6.11. The summed E-state index contributed by atoms with van der Waals surface area (Å²) >= 11 is 0. The molecule has 3 aromatic rings. The summed E-state index contributed by atoms with van der Waals surface area (Å²) in [6.45, 7) is 0. The number of nitro benzene ring substituents is 1. The van der Waals surface area contributed by atoms with Gasteiger partial charge in [-0.15, -0.1) is 0 Å². The molecule has 0 aliphatic rings. The topological polar surface area (TPSA) is 124 Å². The van der Waals surface area contributed by atoms with Crippen LogP contribution in [0.25, 0.3) is 0 Å². The standard InChI is InChI=1S/C23H20N2O5/c24-23(22(27)28,15-16-11-13-19(14-12-16)25(29)30)21(26)20(17-7-3-1-4-8-17)18-9-5-2-6-10-18/h1-14,20H,15,24H2,(H,27,28)/t23-/m1/s1. The van der Waals surface area contributed by atoms with E-state index in [1.165, 1.54) is 24.3 Å². The minimum Gasteiger partial charge on any atom is -0.480 e. The molecule has 3 rings (SSSR count). The molecule has 0 amide bonds. The second-order valence-electron chi connectivity index (χ2n) is 7.00. The number of carbonyl (C=O) groups is 2. The second kappa shape index (κ2) is 8.67. The molecule has 7 heteroatoms. The first-order valence-electron chi connectivity index (χ1n) is 9.23. The Hall–Kier alpha value is -3.84. The van der Waals surface area contributed by atoms with Crippen LogP contribution in [0.15, 0.2) is 84.9 Å². The summed E-state index contributed by atoms with van der Waals surface area (Å²) < 4.78 is 0. The molecule has 152 valence electrons. The van der Waals surface area contributed by atoms with E-state index in [-0.39, 0.29) is 12.1 Å². The van der Waals surface area contributed by atoms with Gasteiger partial charge in [-0.3, -0.25) is 14.9 Å². The average Bonchev–Trinajstić information content (AvgIpc) is 2.75. The number of Topliss-reactive ketones (excluding diaryl/α,β-unsaturated/α-hetero) is 1. The maximum atomic E-state index is 13.6. The number of hydrogen-bond donors (Lipinski definition) is 2. The van der Waals surface area contributed by atoms with Crippen LogP contribution >= 0.6 is 0 Å². The molecule has 0 saturated heterocycles. The van der Waals surface area contributed by atoms with E-state index in [1.807, 2.05) is 0 Å². The highest BCUT2D eigenvalue weighted by Gasteiger charge is 2.46. The van der Waals surface area contributed by atoms with Crippen molar-refractivity contribution in [2.75, 3.05) is 0 Å². The van der Waals surface area contributed by atoms with Gasteiger partial charge in [0.05, 0.1) is 10.8 Å². The molecule has 3 N–H and O–H groups in total.